The van der Waals surface area contributed by atoms with Crippen molar-refractivity contribution in [1.29, 1.82) is 5.26 Å². The van der Waals surface area contributed by atoms with Crippen LogP contribution in [0, 0.1) is 40.4 Å². The van der Waals surface area contributed by atoms with Gasteiger partial charge in [-0.3, -0.25) is 4.79 Å². The number of hydrogen-bond acceptors (Lipinski definition) is 2. The van der Waals surface area contributed by atoms with E-state index in [1.54, 1.807) is 0 Å². The van der Waals surface area contributed by atoms with Gasteiger partial charge in [0, 0.05) is 17.3 Å². The maximum atomic E-state index is 12.0. The smallest absolute Gasteiger partial charge is 0.140 e. The minimum absolute atomic E-state index is 0.0271. The van der Waals surface area contributed by atoms with Crippen LogP contribution < -0.4 is 0 Å². The number of allylic oxidation sites excluding steroid dienone is 1. The maximum Gasteiger partial charge on any atom is 0.140 e. The quantitative estimate of drug-likeness (QED) is 0.611. The number of carbonyl (C=O) groups excluding carboxylic acids is 1. The van der Waals surface area contributed by atoms with Crippen molar-refractivity contribution in [2.45, 2.75) is 25.7 Å². The molecule has 5 atom stereocenters. The van der Waals surface area contributed by atoms with Crippen LogP contribution in [0.25, 0.3) is 0 Å². The molecule has 0 amide bonds. The third-order valence-corrected chi connectivity index (χ3v) is 4.84. The van der Waals surface area contributed by atoms with E-state index in [0.29, 0.717) is 11.7 Å². The topological polar surface area (TPSA) is 40.9 Å². The summed E-state index contributed by atoms with van der Waals surface area (Å²) in [6.45, 7) is 3.91. The van der Waals surface area contributed by atoms with Gasteiger partial charge in [-0.2, -0.15) is 5.26 Å². The molecule has 0 radical (unpaired) electrons. The summed E-state index contributed by atoms with van der Waals surface area (Å²) >= 11 is 0. The van der Waals surface area contributed by atoms with E-state index in [0.717, 1.165) is 25.7 Å². The fraction of sp³-hybridized carbons (Fsp3) is 0.692. The molecule has 0 aromatic heterocycles. The Morgan fingerprint density at radius 1 is 1.47 bits per heavy atom. The summed E-state index contributed by atoms with van der Waals surface area (Å²) < 4.78 is 0. The number of rotatable bonds is 1. The van der Waals surface area contributed by atoms with Gasteiger partial charge in [-0.25, -0.2) is 0 Å². The normalized spacial score (nSPS) is 51.5. The number of hydrogen-bond donors (Lipinski definition) is 0. The Kier molecular flexibility index (Phi) is 1.66. The lowest BCUT2D eigenvalue weighted by molar-refractivity contribution is -0.149. The first-order valence-corrected chi connectivity index (χ1v) is 5.77. The van der Waals surface area contributed by atoms with Crippen LogP contribution in [0.2, 0.25) is 0 Å². The SMILES string of the molecule is C=CC12CC3CC(C1)C(=O)C(C3)C2C#N. The van der Waals surface area contributed by atoms with E-state index in [4.69, 9.17) is 0 Å². The summed E-state index contributed by atoms with van der Waals surface area (Å²) in [7, 11) is 0. The molecule has 0 N–H and O–H groups in total. The Morgan fingerprint density at radius 2 is 2.27 bits per heavy atom. The van der Waals surface area contributed by atoms with Crippen LogP contribution in [0.5, 0.6) is 0 Å². The van der Waals surface area contributed by atoms with Crippen LogP contribution >= 0.6 is 0 Å². The molecule has 4 aliphatic carbocycles. The summed E-state index contributed by atoms with van der Waals surface area (Å²) in [5.74, 6) is 1.23. The molecular formula is C13H15NO. The van der Waals surface area contributed by atoms with Gasteiger partial charge in [-0.15, -0.1) is 6.58 Å². The molecule has 2 nitrogen and oxygen atoms in total. The molecule has 0 aliphatic heterocycles. The standard InChI is InChI=1S/C13H15NO/c1-2-13-5-8-3-9(6-13)12(15)10(4-8)11(13)7-14/h2,8-11H,1,3-6H2. The van der Waals surface area contributed by atoms with Crippen molar-refractivity contribution in [1.82, 2.24) is 0 Å². The highest BCUT2D eigenvalue weighted by Crippen LogP contribution is 2.61. The molecule has 4 bridgehead atoms. The average Bonchev–Trinajstić information content (AvgIpc) is 2.25. The molecule has 78 valence electrons. The lowest BCUT2D eigenvalue weighted by Crippen LogP contribution is -2.56. The highest BCUT2D eigenvalue weighted by Gasteiger charge is 2.59. The molecule has 4 aliphatic rings. The van der Waals surface area contributed by atoms with Gasteiger partial charge in [0.15, 0.2) is 0 Å². The molecule has 5 unspecified atom stereocenters. The predicted octanol–water partition coefficient (Wildman–Crippen LogP) is 2.32. The van der Waals surface area contributed by atoms with Crippen molar-refractivity contribution in [3.05, 3.63) is 12.7 Å². The van der Waals surface area contributed by atoms with E-state index in [9.17, 15) is 10.1 Å². The Morgan fingerprint density at radius 3 is 2.93 bits per heavy atom. The first kappa shape index (κ1) is 9.15. The minimum atomic E-state index is -0.0877. The van der Waals surface area contributed by atoms with Gasteiger partial charge in [0.25, 0.3) is 0 Å². The molecule has 4 saturated carbocycles. The van der Waals surface area contributed by atoms with Crippen molar-refractivity contribution in [3.63, 3.8) is 0 Å². The zero-order valence-corrected chi connectivity index (χ0v) is 8.78. The Balaban J connectivity index is 2.08. The summed E-state index contributed by atoms with van der Waals surface area (Å²) in [5.41, 5.74) is -0.0286. The second-order valence-electron chi connectivity index (χ2n) is 5.50. The lowest BCUT2D eigenvalue weighted by Gasteiger charge is -2.57. The van der Waals surface area contributed by atoms with Crippen LogP contribution in [0.4, 0.5) is 0 Å². The van der Waals surface area contributed by atoms with Gasteiger partial charge < -0.3 is 0 Å². The van der Waals surface area contributed by atoms with Crippen LogP contribution in [-0.4, -0.2) is 5.78 Å². The summed E-state index contributed by atoms with van der Waals surface area (Å²) in [6.07, 6.45) is 5.99. The fourth-order valence-corrected chi connectivity index (χ4v) is 4.29. The molecule has 4 fully saturated rings. The van der Waals surface area contributed by atoms with E-state index in [1.807, 2.05) is 6.08 Å². The first-order valence-electron chi connectivity index (χ1n) is 5.77. The van der Waals surface area contributed by atoms with Crippen molar-refractivity contribution in [3.8, 4) is 6.07 Å². The second-order valence-corrected chi connectivity index (χ2v) is 5.50. The summed E-state index contributed by atoms with van der Waals surface area (Å²) in [4.78, 5) is 12.0. The molecule has 0 heterocycles. The lowest BCUT2D eigenvalue weighted by atomic mass is 9.45. The van der Waals surface area contributed by atoms with Gasteiger partial charge in [-0.1, -0.05) is 6.08 Å². The van der Waals surface area contributed by atoms with Crippen LogP contribution in [0.15, 0.2) is 12.7 Å². The monoisotopic (exact) mass is 201 g/mol. The fourth-order valence-electron chi connectivity index (χ4n) is 4.29. The Hall–Kier alpha value is -1.10. The van der Waals surface area contributed by atoms with Gasteiger partial charge in [-0.05, 0) is 31.6 Å². The van der Waals surface area contributed by atoms with E-state index < -0.39 is 0 Å². The average molecular weight is 201 g/mol. The maximum absolute atomic E-state index is 12.0. The number of nitrogens with zero attached hydrogens (tertiary/aromatic N) is 1. The number of ketones is 1. The van der Waals surface area contributed by atoms with Crippen molar-refractivity contribution in [2.24, 2.45) is 29.1 Å². The number of carbonyl (C=O) groups is 1. The highest BCUT2D eigenvalue weighted by molar-refractivity contribution is 5.86. The molecule has 0 saturated heterocycles. The molecule has 15 heavy (non-hydrogen) atoms. The van der Waals surface area contributed by atoms with Crippen molar-refractivity contribution < 1.29 is 4.79 Å². The molecule has 2 heteroatoms. The van der Waals surface area contributed by atoms with Gasteiger partial charge in [0.05, 0.1) is 12.0 Å². The zero-order chi connectivity index (χ0) is 10.6. The molecule has 4 rings (SSSR count). The van der Waals surface area contributed by atoms with Gasteiger partial charge in [0.2, 0.25) is 0 Å². The first-order chi connectivity index (χ1) is 7.20. The van der Waals surface area contributed by atoms with E-state index >= 15 is 0 Å². The molecular weight excluding hydrogens is 186 g/mol. The van der Waals surface area contributed by atoms with Gasteiger partial charge in [0.1, 0.15) is 5.78 Å². The van der Waals surface area contributed by atoms with E-state index in [1.165, 1.54) is 0 Å². The third kappa shape index (κ3) is 0.963. The van der Waals surface area contributed by atoms with Crippen molar-refractivity contribution in [2.75, 3.05) is 0 Å². The largest absolute Gasteiger partial charge is 0.299 e. The van der Waals surface area contributed by atoms with Crippen LogP contribution in [0.3, 0.4) is 0 Å². The molecule has 0 aromatic rings. The summed E-state index contributed by atoms with van der Waals surface area (Å²) in [5, 5.41) is 9.26. The Bertz CT molecular complexity index is 380. The van der Waals surface area contributed by atoms with E-state index in [2.05, 4.69) is 12.6 Å². The molecule has 0 aromatic carbocycles. The minimum Gasteiger partial charge on any atom is -0.299 e. The van der Waals surface area contributed by atoms with Crippen LogP contribution in [0.1, 0.15) is 25.7 Å². The Labute approximate surface area is 90.0 Å². The molecule has 0 spiro atoms. The summed E-state index contributed by atoms with van der Waals surface area (Å²) in [6, 6.07) is 2.38. The van der Waals surface area contributed by atoms with E-state index in [-0.39, 0.29) is 23.2 Å². The second kappa shape index (κ2) is 2.72. The van der Waals surface area contributed by atoms with Crippen molar-refractivity contribution >= 4 is 5.78 Å². The third-order valence-electron chi connectivity index (χ3n) is 4.84. The highest BCUT2D eigenvalue weighted by atomic mass is 16.1. The number of nitriles is 1. The predicted molar refractivity (Wildman–Crippen MR) is 55.7 cm³/mol. The van der Waals surface area contributed by atoms with Gasteiger partial charge >= 0.3 is 0 Å². The number of Topliss-reactive ketones (excluding diaryl/α,β-unsaturated/α-hetero) is 1. The van der Waals surface area contributed by atoms with Crippen LogP contribution in [-0.2, 0) is 4.79 Å². The zero-order valence-electron chi connectivity index (χ0n) is 8.78.